The van der Waals surface area contributed by atoms with Crippen LogP contribution in [-0.4, -0.2) is 40.5 Å². The summed E-state index contributed by atoms with van der Waals surface area (Å²) in [6.07, 6.45) is 4.12. The van der Waals surface area contributed by atoms with Crippen LogP contribution in [0.25, 0.3) is 11.9 Å². The summed E-state index contributed by atoms with van der Waals surface area (Å²) in [5, 5.41) is 16.5. The van der Waals surface area contributed by atoms with Crippen LogP contribution in [0.2, 0.25) is 0 Å². The number of nitriles is 1. The Morgan fingerprint density at radius 1 is 1.44 bits per heavy atom. The Hall–Kier alpha value is -2.85. The van der Waals surface area contributed by atoms with Crippen molar-refractivity contribution in [2.75, 3.05) is 20.3 Å². The predicted molar refractivity (Wildman–Crippen MR) is 105 cm³/mol. The summed E-state index contributed by atoms with van der Waals surface area (Å²) in [5.41, 5.74) is 2.89. The Morgan fingerprint density at radius 3 is 2.81 bits per heavy atom. The summed E-state index contributed by atoms with van der Waals surface area (Å²) in [5.74, 6) is 0.591. The highest BCUT2D eigenvalue weighted by molar-refractivity contribution is 6.01. The molecule has 0 aliphatic heterocycles. The van der Waals surface area contributed by atoms with E-state index in [0.717, 1.165) is 22.8 Å². The number of ether oxygens (including phenoxy) is 1. The van der Waals surface area contributed by atoms with Crippen LogP contribution in [0, 0.1) is 25.2 Å². The van der Waals surface area contributed by atoms with E-state index in [4.69, 9.17) is 4.74 Å². The van der Waals surface area contributed by atoms with Crippen LogP contribution in [0.15, 0.2) is 23.9 Å². The zero-order valence-electron chi connectivity index (χ0n) is 16.6. The molecule has 0 aromatic carbocycles. The van der Waals surface area contributed by atoms with E-state index in [9.17, 15) is 10.1 Å². The smallest absolute Gasteiger partial charge is 0.261 e. The minimum atomic E-state index is -0.370. The average molecular weight is 369 g/mol. The van der Waals surface area contributed by atoms with Gasteiger partial charge in [-0.2, -0.15) is 10.4 Å². The van der Waals surface area contributed by atoms with Gasteiger partial charge < -0.3 is 14.6 Å². The number of aromatic nitrogens is 3. The molecule has 0 unspecified atom stereocenters. The molecule has 27 heavy (non-hydrogen) atoms. The second-order valence-electron chi connectivity index (χ2n) is 6.66. The van der Waals surface area contributed by atoms with E-state index < -0.39 is 0 Å². The first kappa shape index (κ1) is 20.5. The zero-order chi connectivity index (χ0) is 20.0. The second-order valence-corrected chi connectivity index (χ2v) is 6.66. The molecule has 144 valence electrons. The quantitative estimate of drug-likeness (QED) is 0.440. The summed E-state index contributed by atoms with van der Waals surface area (Å²) in [6.45, 7) is 9.16. The summed E-state index contributed by atoms with van der Waals surface area (Å²) in [7, 11) is 1.61. The third kappa shape index (κ3) is 4.66. The van der Waals surface area contributed by atoms with Crippen molar-refractivity contribution < 1.29 is 9.53 Å². The average Bonchev–Trinajstić information content (AvgIpc) is 3.21. The highest BCUT2D eigenvalue weighted by atomic mass is 16.5. The standard InChI is InChI=1S/C20H27N5O2/c1-14(2)25-19(7-9-23-25)24-15(3)11-17(16(24)4)12-18(13-21)20(26)22-8-6-10-27-5/h7,9,11-12,14H,6,8,10H2,1-5H3,(H,22,26)/b18-12+. The monoisotopic (exact) mass is 369 g/mol. The molecule has 0 bridgehead atoms. The molecule has 2 aromatic heterocycles. The highest BCUT2D eigenvalue weighted by Gasteiger charge is 2.16. The van der Waals surface area contributed by atoms with Gasteiger partial charge in [-0.15, -0.1) is 0 Å². The lowest BCUT2D eigenvalue weighted by molar-refractivity contribution is -0.117. The lowest BCUT2D eigenvalue weighted by atomic mass is 10.1. The van der Waals surface area contributed by atoms with Gasteiger partial charge in [-0.3, -0.25) is 4.79 Å². The van der Waals surface area contributed by atoms with Crippen LogP contribution in [0.4, 0.5) is 0 Å². The molecule has 0 spiro atoms. The van der Waals surface area contributed by atoms with Gasteiger partial charge in [0.2, 0.25) is 0 Å². The molecule has 0 atom stereocenters. The van der Waals surface area contributed by atoms with E-state index in [1.54, 1.807) is 19.4 Å². The first-order valence-corrected chi connectivity index (χ1v) is 9.02. The molecule has 0 saturated heterocycles. The lowest BCUT2D eigenvalue weighted by Gasteiger charge is -2.15. The van der Waals surface area contributed by atoms with Crippen LogP contribution < -0.4 is 5.32 Å². The number of rotatable bonds is 8. The maximum absolute atomic E-state index is 12.3. The Balaban J connectivity index is 2.31. The van der Waals surface area contributed by atoms with Crippen molar-refractivity contribution in [2.24, 2.45) is 0 Å². The van der Waals surface area contributed by atoms with Crippen LogP contribution in [0.1, 0.15) is 43.3 Å². The topological polar surface area (TPSA) is 84.9 Å². The van der Waals surface area contributed by atoms with Crippen LogP contribution in [-0.2, 0) is 9.53 Å². The molecule has 7 heteroatoms. The number of methoxy groups -OCH3 is 1. The van der Waals surface area contributed by atoms with Gasteiger partial charge in [0, 0.05) is 43.8 Å². The summed E-state index contributed by atoms with van der Waals surface area (Å²) < 4.78 is 8.99. The van der Waals surface area contributed by atoms with Gasteiger partial charge in [-0.05, 0) is 51.8 Å². The van der Waals surface area contributed by atoms with Crippen molar-refractivity contribution >= 4 is 12.0 Å². The van der Waals surface area contributed by atoms with E-state index in [1.807, 2.05) is 36.7 Å². The van der Waals surface area contributed by atoms with E-state index in [2.05, 4.69) is 28.8 Å². The van der Waals surface area contributed by atoms with Crippen molar-refractivity contribution in [1.82, 2.24) is 19.7 Å². The first-order chi connectivity index (χ1) is 12.9. The Kier molecular flexibility index (Phi) is 6.97. The molecule has 0 aliphatic rings. The number of carbonyl (C=O) groups is 1. The third-order valence-electron chi connectivity index (χ3n) is 4.31. The van der Waals surface area contributed by atoms with Crippen molar-refractivity contribution in [3.8, 4) is 11.9 Å². The summed E-state index contributed by atoms with van der Waals surface area (Å²) in [6, 6.07) is 6.16. The Morgan fingerprint density at radius 2 is 2.19 bits per heavy atom. The van der Waals surface area contributed by atoms with E-state index in [-0.39, 0.29) is 17.5 Å². The molecule has 1 amide bonds. The molecule has 0 fully saturated rings. The van der Waals surface area contributed by atoms with Gasteiger partial charge >= 0.3 is 0 Å². The number of nitrogens with zero attached hydrogens (tertiary/aromatic N) is 4. The third-order valence-corrected chi connectivity index (χ3v) is 4.31. The van der Waals surface area contributed by atoms with E-state index in [0.29, 0.717) is 19.6 Å². The molecular weight excluding hydrogens is 342 g/mol. The molecule has 7 nitrogen and oxygen atoms in total. The maximum Gasteiger partial charge on any atom is 0.261 e. The fourth-order valence-electron chi connectivity index (χ4n) is 2.99. The molecule has 0 radical (unpaired) electrons. The fourth-order valence-corrected chi connectivity index (χ4v) is 2.99. The van der Waals surface area contributed by atoms with Crippen molar-refractivity contribution in [1.29, 1.82) is 5.26 Å². The Bertz CT molecular complexity index is 868. The SMILES string of the molecule is COCCCNC(=O)/C(C#N)=C/c1cc(C)n(-c2ccnn2C(C)C)c1C. The van der Waals surface area contributed by atoms with Gasteiger partial charge in [0.1, 0.15) is 17.5 Å². The second kappa shape index (κ2) is 9.19. The van der Waals surface area contributed by atoms with Crippen LogP contribution in [0.5, 0.6) is 0 Å². The van der Waals surface area contributed by atoms with Crippen LogP contribution in [0.3, 0.4) is 0 Å². The number of amides is 1. The van der Waals surface area contributed by atoms with E-state index >= 15 is 0 Å². The molecule has 0 saturated carbocycles. The van der Waals surface area contributed by atoms with Crippen molar-refractivity contribution in [2.45, 2.75) is 40.2 Å². The number of hydrogen-bond acceptors (Lipinski definition) is 4. The first-order valence-electron chi connectivity index (χ1n) is 9.02. The lowest BCUT2D eigenvalue weighted by Crippen LogP contribution is -2.26. The number of carbonyl (C=O) groups excluding carboxylic acids is 1. The molecule has 1 N–H and O–H groups in total. The predicted octanol–water partition coefficient (Wildman–Crippen LogP) is 2.93. The molecule has 0 aliphatic carbocycles. The number of hydrogen-bond donors (Lipinski definition) is 1. The minimum Gasteiger partial charge on any atom is -0.385 e. The molecular formula is C20H27N5O2. The van der Waals surface area contributed by atoms with Gasteiger partial charge in [0.15, 0.2) is 0 Å². The van der Waals surface area contributed by atoms with Gasteiger partial charge in [-0.25, -0.2) is 4.68 Å². The Labute approximate surface area is 160 Å². The van der Waals surface area contributed by atoms with Crippen molar-refractivity contribution in [3.63, 3.8) is 0 Å². The fraction of sp³-hybridized carbons (Fsp3) is 0.450. The molecule has 2 rings (SSSR count). The molecule has 2 heterocycles. The van der Waals surface area contributed by atoms with Gasteiger partial charge in [0.05, 0.1) is 6.20 Å². The normalized spacial score (nSPS) is 11.7. The van der Waals surface area contributed by atoms with Crippen molar-refractivity contribution in [3.05, 3.63) is 40.9 Å². The zero-order valence-corrected chi connectivity index (χ0v) is 16.6. The van der Waals surface area contributed by atoms with Gasteiger partial charge in [0.25, 0.3) is 5.91 Å². The number of nitrogens with one attached hydrogen (secondary N) is 1. The van der Waals surface area contributed by atoms with Crippen LogP contribution >= 0.6 is 0 Å². The number of aryl methyl sites for hydroxylation is 1. The maximum atomic E-state index is 12.3. The van der Waals surface area contributed by atoms with Gasteiger partial charge in [-0.1, -0.05) is 0 Å². The summed E-state index contributed by atoms with van der Waals surface area (Å²) in [4.78, 5) is 12.3. The highest BCUT2D eigenvalue weighted by Crippen LogP contribution is 2.24. The molecule has 2 aromatic rings. The summed E-state index contributed by atoms with van der Waals surface area (Å²) >= 11 is 0. The minimum absolute atomic E-state index is 0.0880. The largest absolute Gasteiger partial charge is 0.385 e. The van der Waals surface area contributed by atoms with E-state index in [1.165, 1.54) is 0 Å².